The van der Waals surface area contributed by atoms with Crippen LogP contribution >= 0.6 is 0 Å². The average Bonchev–Trinajstić information content (AvgIpc) is 2.63. The fourth-order valence-electron chi connectivity index (χ4n) is 3.96. The quantitative estimate of drug-likeness (QED) is 0.821. The molecule has 1 amide bonds. The van der Waals surface area contributed by atoms with Gasteiger partial charge in [-0.1, -0.05) is 19.1 Å². The highest BCUT2D eigenvalue weighted by molar-refractivity contribution is 5.93. The third kappa shape index (κ3) is 3.44. The van der Waals surface area contributed by atoms with Gasteiger partial charge in [0.15, 0.2) is 0 Å². The highest BCUT2D eigenvalue weighted by Gasteiger charge is 2.27. The molecule has 0 spiro atoms. The van der Waals surface area contributed by atoms with Crippen LogP contribution in [0.3, 0.4) is 0 Å². The summed E-state index contributed by atoms with van der Waals surface area (Å²) in [5.41, 5.74) is 2.55. The van der Waals surface area contributed by atoms with E-state index in [1.165, 1.54) is 21.9 Å². The van der Waals surface area contributed by atoms with Gasteiger partial charge in [0, 0.05) is 24.1 Å². The topological polar surface area (TPSA) is 47.6 Å². The Hall–Kier alpha value is -2.23. The summed E-state index contributed by atoms with van der Waals surface area (Å²) in [6.45, 7) is 2.74. The molecule has 0 radical (unpaired) electrons. The number of ether oxygens (including phenoxy) is 2. The smallest absolute Gasteiger partial charge is 0.219 e. The number of rotatable bonds is 7. The first-order chi connectivity index (χ1) is 12.2. The molecule has 1 N–H and O–H groups in total. The lowest BCUT2D eigenvalue weighted by Gasteiger charge is -2.29. The van der Waals surface area contributed by atoms with E-state index in [1.807, 2.05) is 6.92 Å². The predicted octanol–water partition coefficient (Wildman–Crippen LogP) is 4.19. The van der Waals surface area contributed by atoms with Gasteiger partial charge < -0.3 is 14.8 Å². The molecule has 4 nitrogen and oxygen atoms in total. The minimum atomic E-state index is 0.144. The number of methoxy groups -OCH3 is 2. The minimum Gasteiger partial charge on any atom is -0.496 e. The molecule has 4 heteroatoms. The number of nitrogens with one attached hydrogen (secondary N) is 1. The number of amides is 1. The average molecular weight is 341 g/mol. The summed E-state index contributed by atoms with van der Waals surface area (Å²) in [4.78, 5) is 11.7. The Kier molecular flexibility index (Phi) is 5.47. The Bertz CT molecular complexity index is 764. The Morgan fingerprint density at radius 2 is 1.88 bits per heavy atom. The van der Waals surface area contributed by atoms with Gasteiger partial charge in [-0.25, -0.2) is 0 Å². The van der Waals surface area contributed by atoms with E-state index in [1.54, 1.807) is 14.2 Å². The second kappa shape index (κ2) is 7.77. The molecule has 134 valence electrons. The second-order valence-corrected chi connectivity index (χ2v) is 6.65. The van der Waals surface area contributed by atoms with E-state index < -0.39 is 0 Å². The summed E-state index contributed by atoms with van der Waals surface area (Å²) in [7, 11) is 3.46. The van der Waals surface area contributed by atoms with Crippen LogP contribution in [0.5, 0.6) is 11.5 Å². The molecule has 0 bridgehead atoms. The van der Waals surface area contributed by atoms with E-state index in [0.29, 0.717) is 18.9 Å². The third-order valence-electron chi connectivity index (χ3n) is 5.13. The molecular formula is C21H27NO3. The molecule has 1 unspecified atom stereocenters. The Morgan fingerprint density at radius 3 is 2.56 bits per heavy atom. The van der Waals surface area contributed by atoms with Crippen LogP contribution in [0.15, 0.2) is 24.3 Å². The summed E-state index contributed by atoms with van der Waals surface area (Å²) in [6.07, 6.45) is 4.46. The Balaban J connectivity index is 1.93. The molecule has 1 aliphatic carbocycles. The maximum absolute atomic E-state index is 11.7. The first kappa shape index (κ1) is 17.6. The van der Waals surface area contributed by atoms with Crippen LogP contribution in [-0.2, 0) is 11.2 Å². The molecular weight excluding hydrogens is 314 g/mol. The second-order valence-electron chi connectivity index (χ2n) is 6.65. The maximum Gasteiger partial charge on any atom is 0.219 e. The van der Waals surface area contributed by atoms with E-state index >= 15 is 0 Å². The molecule has 1 aliphatic rings. The van der Waals surface area contributed by atoms with Gasteiger partial charge in [-0.3, -0.25) is 4.79 Å². The van der Waals surface area contributed by atoms with E-state index in [0.717, 1.165) is 37.2 Å². The van der Waals surface area contributed by atoms with Crippen LogP contribution in [0.1, 0.15) is 49.7 Å². The zero-order valence-corrected chi connectivity index (χ0v) is 15.4. The van der Waals surface area contributed by atoms with Gasteiger partial charge in [0.05, 0.1) is 14.2 Å². The molecule has 0 saturated carbocycles. The summed E-state index contributed by atoms with van der Waals surface area (Å²) in [5.74, 6) is 2.43. The van der Waals surface area contributed by atoms with Gasteiger partial charge in [0.25, 0.3) is 0 Å². The fourth-order valence-corrected chi connectivity index (χ4v) is 3.96. The minimum absolute atomic E-state index is 0.144. The van der Waals surface area contributed by atoms with Gasteiger partial charge in [0.1, 0.15) is 11.5 Å². The monoisotopic (exact) mass is 341 g/mol. The van der Waals surface area contributed by atoms with Crippen molar-refractivity contribution in [2.24, 2.45) is 0 Å². The highest BCUT2D eigenvalue weighted by atomic mass is 16.5. The number of hydrogen-bond donors (Lipinski definition) is 1. The predicted molar refractivity (Wildman–Crippen MR) is 101 cm³/mol. The van der Waals surface area contributed by atoms with Crippen molar-refractivity contribution < 1.29 is 14.3 Å². The van der Waals surface area contributed by atoms with E-state index in [2.05, 4.69) is 29.6 Å². The molecule has 0 aliphatic heterocycles. The number of carbonyl (C=O) groups excluding carboxylic acids is 1. The summed E-state index contributed by atoms with van der Waals surface area (Å²) >= 11 is 0. The van der Waals surface area contributed by atoms with Gasteiger partial charge in [-0.15, -0.1) is 0 Å². The molecule has 0 fully saturated rings. The lowest BCUT2D eigenvalue weighted by Crippen LogP contribution is -2.26. The van der Waals surface area contributed by atoms with Crippen molar-refractivity contribution >= 4 is 16.7 Å². The van der Waals surface area contributed by atoms with Crippen molar-refractivity contribution in [1.29, 1.82) is 0 Å². The lowest BCUT2D eigenvalue weighted by atomic mass is 9.79. The molecule has 2 aromatic carbocycles. The number of carbonyl (C=O) groups is 1. The van der Waals surface area contributed by atoms with Crippen LogP contribution in [-0.4, -0.2) is 26.7 Å². The normalized spacial score (nSPS) is 15.9. The van der Waals surface area contributed by atoms with Crippen molar-refractivity contribution in [3.63, 3.8) is 0 Å². The van der Waals surface area contributed by atoms with Crippen molar-refractivity contribution in [3.05, 3.63) is 35.4 Å². The van der Waals surface area contributed by atoms with Gasteiger partial charge >= 0.3 is 0 Å². The van der Waals surface area contributed by atoms with Gasteiger partial charge in [-0.2, -0.15) is 0 Å². The van der Waals surface area contributed by atoms with Crippen LogP contribution in [0, 0.1) is 0 Å². The zero-order valence-electron chi connectivity index (χ0n) is 15.4. The highest BCUT2D eigenvalue weighted by Crippen LogP contribution is 2.46. The SMILES string of the molecule is CCCC(=O)NCCC1CCc2c(OC)ccc3ccc(OC)c1c23. The number of benzene rings is 2. The van der Waals surface area contributed by atoms with Crippen LogP contribution in [0.4, 0.5) is 0 Å². The van der Waals surface area contributed by atoms with Crippen LogP contribution in [0.25, 0.3) is 10.8 Å². The van der Waals surface area contributed by atoms with E-state index in [9.17, 15) is 4.79 Å². The molecule has 2 aromatic rings. The van der Waals surface area contributed by atoms with Crippen molar-refractivity contribution in [2.75, 3.05) is 20.8 Å². The van der Waals surface area contributed by atoms with Crippen molar-refractivity contribution in [1.82, 2.24) is 5.32 Å². The third-order valence-corrected chi connectivity index (χ3v) is 5.13. The fraction of sp³-hybridized carbons (Fsp3) is 0.476. The molecule has 25 heavy (non-hydrogen) atoms. The Labute approximate surface area is 149 Å². The van der Waals surface area contributed by atoms with Gasteiger partial charge in [-0.05, 0) is 54.5 Å². The summed E-state index contributed by atoms with van der Waals surface area (Å²) in [6, 6.07) is 8.35. The number of aryl methyl sites for hydroxylation is 1. The van der Waals surface area contributed by atoms with E-state index in [-0.39, 0.29) is 5.91 Å². The molecule has 3 rings (SSSR count). The van der Waals surface area contributed by atoms with Crippen LogP contribution in [0.2, 0.25) is 0 Å². The maximum atomic E-state index is 11.7. The van der Waals surface area contributed by atoms with Crippen LogP contribution < -0.4 is 14.8 Å². The van der Waals surface area contributed by atoms with E-state index in [4.69, 9.17) is 9.47 Å². The zero-order chi connectivity index (χ0) is 17.8. The molecule has 0 aromatic heterocycles. The van der Waals surface area contributed by atoms with Gasteiger partial charge in [0.2, 0.25) is 5.91 Å². The summed E-state index contributed by atoms with van der Waals surface area (Å²) < 4.78 is 11.3. The first-order valence-electron chi connectivity index (χ1n) is 9.12. The Morgan fingerprint density at radius 1 is 1.16 bits per heavy atom. The first-order valence-corrected chi connectivity index (χ1v) is 9.12. The molecule has 0 saturated heterocycles. The van der Waals surface area contributed by atoms with Crippen molar-refractivity contribution in [2.45, 2.75) is 44.9 Å². The molecule has 1 atom stereocenters. The van der Waals surface area contributed by atoms with Crippen molar-refractivity contribution in [3.8, 4) is 11.5 Å². The molecule has 0 heterocycles. The summed E-state index contributed by atoms with van der Waals surface area (Å²) in [5, 5.41) is 5.54. The number of hydrogen-bond acceptors (Lipinski definition) is 3. The largest absolute Gasteiger partial charge is 0.496 e. The standard InChI is InChI=1S/C21H27NO3/c1-4-5-19(23)22-13-12-15-6-9-16-17(24-2)10-7-14-8-11-18(25-3)21(15)20(14)16/h7-8,10-11,15H,4-6,9,12-13H2,1-3H3,(H,22,23). The lowest BCUT2D eigenvalue weighted by molar-refractivity contribution is -0.121.